The topological polar surface area (TPSA) is 53.8 Å². The van der Waals surface area contributed by atoms with Crippen LogP contribution < -0.4 is 0 Å². The lowest BCUT2D eigenvalue weighted by molar-refractivity contribution is 0.477. The predicted octanol–water partition coefficient (Wildman–Crippen LogP) is 2.31. The van der Waals surface area contributed by atoms with Crippen LogP contribution in [-0.2, 0) is 13.0 Å². The first kappa shape index (κ1) is 9.96. The largest absolute Gasteiger partial charge is 0.506 e. The average molecular weight is 227 g/mol. The fourth-order valence-corrected chi connectivity index (χ4v) is 2.09. The molecule has 2 aromatic heterocycles. The third-order valence-corrected chi connectivity index (χ3v) is 2.94. The monoisotopic (exact) mass is 227 g/mol. The molecule has 0 spiro atoms. The maximum Gasteiger partial charge on any atom is 0.139 e. The molecule has 0 radical (unpaired) electrons. The summed E-state index contributed by atoms with van der Waals surface area (Å²) < 4.78 is 2.06. The van der Waals surface area contributed by atoms with E-state index in [4.69, 9.17) is 0 Å². The van der Waals surface area contributed by atoms with Crippen molar-refractivity contribution in [3.8, 4) is 5.75 Å². The molecule has 0 aliphatic carbocycles. The first-order chi connectivity index (χ1) is 8.34. The van der Waals surface area contributed by atoms with E-state index in [9.17, 15) is 5.11 Å². The van der Waals surface area contributed by atoms with Gasteiger partial charge in [-0.15, -0.1) is 0 Å². The van der Waals surface area contributed by atoms with E-state index in [0.717, 1.165) is 29.6 Å². The van der Waals surface area contributed by atoms with Crippen molar-refractivity contribution in [1.29, 1.82) is 0 Å². The fourth-order valence-electron chi connectivity index (χ4n) is 2.09. The summed E-state index contributed by atoms with van der Waals surface area (Å²) in [6.45, 7) is 0.823. The van der Waals surface area contributed by atoms with Crippen LogP contribution in [0.25, 0.3) is 10.9 Å². The van der Waals surface area contributed by atoms with Gasteiger partial charge in [-0.2, -0.15) is 0 Å². The second-order valence-electron chi connectivity index (χ2n) is 4.05. The summed E-state index contributed by atoms with van der Waals surface area (Å²) in [5.41, 5.74) is 1.99. The van der Waals surface area contributed by atoms with Crippen LogP contribution >= 0.6 is 0 Å². The zero-order valence-electron chi connectivity index (χ0n) is 9.30. The van der Waals surface area contributed by atoms with Crippen molar-refractivity contribution in [2.45, 2.75) is 13.0 Å². The van der Waals surface area contributed by atoms with Gasteiger partial charge in [0, 0.05) is 36.4 Å². The predicted molar refractivity (Wildman–Crippen MR) is 65.9 cm³/mol. The molecule has 86 valence electrons. The minimum atomic E-state index is 0.331. The Morgan fingerprint density at radius 1 is 1.29 bits per heavy atom. The van der Waals surface area contributed by atoms with Gasteiger partial charge in [0.15, 0.2) is 0 Å². The van der Waals surface area contributed by atoms with E-state index in [0.29, 0.717) is 5.75 Å². The molecule has 3 rings (SSSR count). The quantitative estimate of drug-likeness (QED) is 0.721. The SMILES string of the molecule is Oc1cccc2ccn(CCc3cnc[nH]3)c12. The van der Waals surface area contributed by atoms with Crippen LogP contribution in [0.15, 0.2) is 43.0 Å². The Labute approximate surface area is 98.5 Å². The maximum absolute atomic E-state index is 9.86. The van der Waals surface area contributed by atoms with Crippen LogP contribution in [0.5, 0.6) is 5.75 Å². The van der Waals surface area contributed by atoms with Crippen LogP contribution in [0.3, 0.4) is 0 Å². The highest BCUT2D eigenvalue weighted by Crippen LogP contribution is 2.25. The Morgan fingerprint density at radius 3 is 3.06 bits per heavy atom. The van der Waals surface area contributed by atoms with E-state index < -0.39 is 0 Å². The lowest BCUT2D eigenvalue weighted by atomic mass is 10.2. The number of phenolic OH excluding ortho intramolecular Hbond substituents is 1. The number of phenols is 1. The Morgan fingerprint density at radius 2 is 2.24 bits per heavy atom. The molecule has 4 heteroatoms. The number of fused-ring (bicyclic) bond motifs is 1. The number of aromatic hydroxyl groups is 1. The Balaban J connectivity index is 1.90. The van der Waals surface area contributed by atoms with E-state index in [-0.39, 0.29) is 0 Å². The molecule has 4 nitrogen and oxygen atoms in total. The number of nitrogens with zero attached hydrogens (tertiary/aromatic N) is 2. The van der Waals surface area contributed by atoms with E-state index in [1.165, 1.54) is 0 Å². The lowest BCUT2D eigenvalue weighted by Gasteiger charge is -2.05. The molecule has 0 fully saturated rings. The highest BCUT2D eigenvalue weighted by Gasteiger charge is 2.05. The number of aromatic amines is 1. The number of aromatic nitrogens is 3. The molecule has 3 aromatic rings. The smallest absolute Gasteiger partial charge is 0.139 e. The van der Waals surface area contributed by atoms with Crippen LogP contribution in [0.4, 0.5) is 0 Å². The molecule has 0 amide bonds. The van der Waals surface area contributed by atoms with Crippen molar-refractivity contribution >= 4 is 10.9 Å². The van der Waals surface area contributed by atoms with Gasteiger partial charge < -0.3 is 14.7 Å². The molecular weight excluding hydrogens is 214 g/mol. The zero-order valence-corrected chi connectivity index (χ0v) is 9.30. The van der Waals surface area contributed by atoms with Gasteiger partial charge in [0.1, 0.15) is 5.75 Å². The van der Waals surface area contributed by atoms with E-state index in [2.05, 4.69) is 14.5 Å². The van der Waals surface area contributed by atoms with Crippen molar-refractivity contribution in [3.63, 3.8) is 0 Å². The Bertz CT molecular complexity index is 625. The van der Waals surface area contributed by atoms with Gasteiger partial charge in [0.25, 0.3) is 0 Å². The Hall–Kier alpha value is -2.23. The van der Waals surface area contributed by atoms with E-state index in [1.807, 2.05) is 30.6 Å². The summed E-state index contributed by atoms with van der Waals surface area (Å²) in [4.78, 5) is 7.06. The maximum atomic E-state index is 9.86. The van der Waals surface area contributed by atoms with Crippen molar-refractivity contribution in [1.82, 2.24) is 14.5 Å². The Kier molecular flexibility index (Phi) is 2.33. The van der Waals surface area contributed by atoms with Crippen LogP contribution in [0.1, 0.15) is 5.69 Å². The molecule has 0 saturated carbocycles. The molecule has 2 heterocycles. The molecular formula is C13H13N3O. The first-order valence-electron chi connectivity index (χ1n) is 5.58. The van der Waals surface area contributed by atoms with Gasteiger partial charge in [-0.25, -0.2) is 4.98 Å². The van der Waals surface area contributed by atoms with E-state index >= 15 is 0 Å². The van der Waals surface area contributed by atoms with Crippen LogP contribution in [0.2, 0.25) is 0 Å². The highest BCUT2D eigenvalue weighted by molar-refractivity contribution is 5.85. The number of imidazole rings is 1. The molecule has 0 atom stereocenters. The third-order valence-electron chi connectivity index (χ3n) is 2.94. The second-order valence-corrected chi connectivity index (χ2v) is 4.05. The number of benzene rings is 1. The van der Waals surface area contributed by atoms with Crippen molar-refractivity contribution < 1.29 is 5.11 Å². The molecule has 0 aliphatic rings. The number of hydrogen-bond acceptors (Lipinski definition) is 2. The number of H-pyrrole nitrogens is 1. The summed E-state index contributed by atoms with van der Waals surface area (Å²) in [7, 11) is 0. The van der Waals surface area contributed by atoms with Crippen LogP contribution in [-0.4, -0.2) is 19.6 Å². The lowest BCUT2D eigenvalue weighted by Crippen LogP contribution is -2.00. The van der Waals surface area contributed by atoms with E-state index in [1.54, 1.807) is 12.4 Å². The van der Waals surface area contributed by atoms with Gasteiger partial charge in [-0.1, -0.05) is 12.1 Å². The summed E-state index contributed by atoms with van der Waals surface area (Å²) in [6.07, 6.45) is 6.38. The molecule has 0 saturated heterocycles. The summed E-state index contributed by atoms with van der Waals surface area (Å²) in [5, 5.41) is 10.9. The zero-order chi connectivity index (χ0) is 11.7. The number of hydrogen-bond donors (Lipinski definition) is 2. The summed E-state index contributed by atoms with van der Waals surface area (Å²) in [5.74, 6) is 0.331. The van der Waals surface area contributed by atoms with Crippen molar-refractivity contribution in [2.24, 2.45) is 0 Å². The minimum absolute atomic E-state index is 0.331. The number of nitrogens with one attached hydrogen (secondary N) is 1. The van der Waals surface area contributed by atoms with Gasteiger partial charge in [-0.05, 0) is 12.1 Å². The van der Waals surface area contributed by atoms with Gasteiger partial charge in [0.2, 0.25) is 0 Å². The number of rotatable bonds is 3. The standard InChI is InChI=1S/C13H13N3O/c17-12-3-1-2-10-4-6-16(13(10)12)7-5-11-8-14-9-15-11/h1-4,6,8-9,17H,5,7H2,(H,14,15). The molecule has 17 heavy (non-hydrogen) atoms. The molecule has 0 aliphatic heterocycles. The van der Waals surface area contributed by atoms with Gasteiger partial charge in [0.05, 0.1) is 11.8 Å². The second kappa shape index (κ2) is 3.97. The summed E-state index contributed by atoms with van der Waals surface area (Å²) >= 11 is 0. The highest BCUT2D eigenvalue weighted by atomic mass is 16.3. The molecule has 0 unspecified atom stereocenters. The fraction of sp³-hybridized carbons (Fsp3) is 0.154. The third kappa shape index (κ3) is 1.78. The van der Waals surface area contributed by atoms with Crippen molar-refractivity contribution in [2.75, 3.05) is 0 Å². The molecule has 1 aromatic carbocycles. The number of para-hydroxylation sites is 1. The average Bonchev–Trinajstić information content (AvgIpc) is 2.95. The van der Waals surface area contributed by atoms with Crippen LogP contribution in [0, 0.1) is 0 Å². The van der Waals surface area contributed by atoms with Crippen molar-refractivity contribution in [3.05, 3.63) is 48.7 Å². The molecule has 2 N–H and O–H groups in total. The summed E-state index contributed by atoms with van der Waals surface area (Å²) in [6, 6.07) is 7.59. The number of aryl methyl sites for hydroxylation is 2. The van der Waals surface area contributed by atoms with Gasteiger partial charge in [-0.3, -0.25) is 0 Å². The first-order valence-corrected chi connectivity index (χ1v) is 5.58. The van der Waals surface area contributed by atoms with Gasteiger partial charge >= 0.3 is 0 Å². The normalized spacial score (nSPS) is 11.1. The minimum Gasteiger partial charge on any atom is -0.506 e. The molecule has 0 bridgehead atoms.